The van der Waals surface area contributed by atoms with Crippen LogP contribution < -0.4 is 5.73 Å². The summed E-state index contributed by atoms with van der Waals surface area (Å²) >= 11 is 0. The van der Waals surface area contributed by atoms with Gasteiger partial charge in [-0.05, 0) is 23.2 Å². The zero-order chi connectivity index (χ0) is 10.4. The van der Waals surface area contributed by atoms with E-state index in [1.54, 1.807) is 0 Å². The maximum atomic E-state index is 10.6. The monoisotopic (exact) mass is 185 g/mol. The molecule has 1 aliphatic rings. The lowest BCUT2D eigenvalue weighted by atomic mass is 10.0. The lowest BCUT2D eigenvalue weighted by molar-refractivity contribution is -0.138. The van der Waals surface area contributed by atoms with Crippen molar-refractivity contribution < 1.29 is 9.90 Å². The Morgan fingerprint density at radius 1 is 1.38 bits per heavy atom. The molecule has 1 aliphatic carbocycles. The van der Waals surface area contributed by atoms with E-state index >= 15 is 0 Å². The summed E-state index contributed by atoms with van der Waals surface area (Å²) in [5.74, 6) is -0.454. The van der Waals surface area contributed by atoms with Gasteiger partial charge in [-0.3, -0.25) is 4.79 Å². The smallest absolute Gasteiger partial charge is 0.320 e. The van der Waals surface area contributed by atoms with Gasteiger partial charge in [-0.2, -0.15) is 0 Å². The molecule has 0 aromatic rings. The molecule has 0 radical (unpaired) electrons. The Hall–Kier alpha value is -0.570. The number of rotatable bonds is 3. The van der Waals surface area contributed by atoms with Gasteiger partial charge < -0.3 is 10.8 Å². The summed E-state index contributed by atoms with van der Waals surface area (Å²) in [6.45, 7) is 8.69. The minimum atomic E-state index is -0.890. The van der Waals surface area contributed by atoms with E-state index in [0.717, 1.165) is 0 Å². The first-order valence-electron chi connectivity index (χ1n) is 4.69. The molecule has 3 nitrogen and oxygen atoms in total. The van der Waals surface area contributed by atoms with Crippen molar-refractivity contribution in [3.05, 3.63) is 0 Å². The molecule has 0 saturated heterocycles. The van der Waals surface area contributed by atoms with Crippen molar-refractivity contribution in [2.45, 2.75) is 40.2 Å². The summed E-state index contributed by atoms with van der Waals surface area (Å²) in [4.78, 5) is 10.6. The number of hydrogen-bond donors (Lipinski definition) is 2. The molecule has 13 heavy (non-hydrogen) atoms. The molecule has 1 saturated carbocycles. The van der Waals surface area contributed by atoms with Gasteiger partial charge in [0.25, 0.3) is 0 Å². The second-order valence-electron chi connectivity index (χ2n) is 5.18. The van der Waals surface area contributed by atoms with Crippen LogP contribution in [0.4, 0.5) is 0 Å². The van der Waals surface area contributed by atoms with E-state index in [1.807, 2.05) is 0 Å². The molecule has 0 heterocycles. The molecule has 76 valence electrons. The van der Waals surface area contributed by atoms with Gasteiger partial charge in [0.15, 0.2) is 0 Å². The molecule has 1 fully saturated rings. The lowest BCUT2D eigenvalue weighted by Crippen LogP contribution is -2.31. The summed E-state index contributed by atoms with van der Waals surface area (Å²) in [5, 5.41) is 8.67. The van der Waals surface area contributed by atoms with Crippen molar-refractivity contribution in [3.63, 3.8) is 0 Å². The summed E-state index contributed by atoms with van der Waals surface area (Å²) in [6.07, 6.45) is 0.593. The molecule has 1 unspecified atom stereocenters. The molecule has 0 spiro atoms. The largest absolute Gasteiger partial charge is 0.480 e. The molecule has 1 atom stereocenters. The third kappa shape index (κ3) is 1.46. The molecule has 3 heteroatoms. The highest BCUT2D eigenvalue weighted by atomic mass is 16.4. The van der Waals surface area contributed by atoms with Crippen LogP contribution in [-0.2, 0) is 4.79 Å². The van der Waals surface area contributed by atoms with E-state index in [-0.39, 0.29) is 10.8 Å². The van der Waals surface area contributed by atoms with Crippen LogP contribution in [0.25, 0.3) is 0 Å². The van der Waals surface area contributed by atoms with Crippen molar-refractivity contribution in [1.82, 2.24) is 0 Å². The normalized spacial score (nSPS) is 26.8. The van der Waals surface area contributed by atoms with Crippen molar-refractivity contribution in [3.8, 4) is 0 Å². The standard InChI is InChI=1S/C10H19NO2/c1-9(2)7(10(9,3)4)5-6(11)8(12)13/h6-7H,5,11H2,1-4H3,(H,12,13). The van der Waals surface area contributed by atoms with Crippen molar-refractivity contribution in [2.75, 3.05) is 0 Å². The molecule has 0 amide bonds. The van der Waals surface area contributed by atoms with E-state index in [0.29, 0.717) is 12.3 Å². The van der Waals surface area contributed by atoms with Gasteiger partial charge in [0.2, 0.25) is 0 Å². The summed E-state index contributed by atoms with van der Waals surface area (Å²) in [5.41, 5.74) is 5.97. The van der Waals surface area contributed by atoms with Crippen LogP contribution in [0, 0.1) is 16.7 Å². The Morgan fingerprint density at radius 2 is 1.77 bits per heavy atom. The number of carboxylic acid groups (broad SMARTS) is 1. The van der Waals surface area contributed by atoms with Gasteiger partial charge in [-0.1, -0.05) is 27.7 Å². The Bertz CT molecular complexity index is 219. The van der Waals surface area contributed by atoms with E-state index in [9.17, 15) is 4.79 Å². The van der Waals surface area contributed by atoms with Crippen molar-refractivity contribution in [2.24, 2.45) is 22.5 Å². The van der Waals surface area contributed by atoms with Crippen molar-refractivity contribution >= 4 is 5.97 Å². The maximum Gasteiger partial charge on any atom is 0.320 e. The third-order valence-corrected chi connectivity index (χ3v) is 4.13. The first kappa shape index (κ1) is 10.5. The summed E-state index contributed by atoms with van der Waals surface area (Å²) in [7, 11) is 0. The van der Waals surface area contributed by atoms with E-state index < -0.39 is 12.0 Å². The van der Waals surface area contributed by atoms with Gasteiger partial charge in [0.05, 0.1) is 0 Å². The molecule has 1 rings (SSSR count). The maximum absolute atomic E-state index is 10.6. The van der Waals surface area contributed by atoms with Crippen LogP contribution in [0.3, 0.4) is 0 Å². The Kier molecular flexibility index (Phi) is 2.19. The highest BCUT2D eigenvalue weighted by Gasteiger charge is 2.64. The van der Waals surface area contributed by atoms with E-state index in [1.165, 1.54) is 0 Å². The fourth-order valence-corrected chi connectivity index (χ4v) is 2.28. The van der Waals surface area contributed by atoms with Crippen molar-refractivity contribution in [1.29, 1.82) is 0 Å². The number of nitrogens with two attached hydrogens (primary N) is 1. The number of carboxylic acids is 1. The first-order valence-corrected chi connectivity index (χ1v) is 4.69. The molecule has 0 aromatic carbocycles. The molecule has 0 bridgehead atoms. The third-order valence-electron chi connectivity index (χ3n) is 4.13. The average Bonchev–Trinajstić information content (AvgIpc) is 2.32. The van der Waals surface area contributed by atoms with Gasteiger partial charge in [-0.25, -0.2) is 0 Å². The minimum absolute atomic E-state index is 0.236. The van der Waals surface area contributed by atoms with Gasteiger partial charge in [0, 0.05) is 0 Å². The zero-order valence-corrected chi connectivity index (χ0v) is 8.79. The Balaban J connectivity index is 2.56. The average molecular weight is 185 g/mol. The van der Waals surface area contributed by atoms with Crippen LogP contribution in [0.1, 0.15) is 34.1 Å². The highest BCUT2D eigenvalue weighted by Crippen LogP contribution is 2.69. The second kappa shape index (κ2) is 2.71. The van der Waals surface area contributed by atoms with E-state index in [4.69, 9.17) is 10.8 Å². The predicted octanol–water partition coefficient (Wildman–Crippen LogP) is 1.47. The molecular formula is C10H19NO2. The Labute approximate surface area is 79.3 Å². The van der Waals surface area contributed by atoms with Crippen LogP contribution >= 0.6 is 0 Å². The fourth-order valence-electron chi connectivity index (χ4n) is 2.28. The molecule has 0 aromatic heterocycles. The van der Waals surface area contributed by atoms with Crippen LogP contribution in [0.5, 0.6) is 0 Å². The predicted molar refractivity (Wildman–Crippen MR) is 51.3 cm³/mol. The van der Waals surface area contributed by atoms with Gasteiger partial charge in [-0.15, -0.1) is 0 Å². The SMILES string of the molecule is CC1(C)C(CC(N)C(=O)O)C1(C)C. The van der Waals surface area contributed by atoms with Crippen LogP contribution in [0.2, 0.25) is 0 Å². The van der Waals surface area contributed by atoms with Crippen LogP contribution in [-0.4, -0.2) is 17.1 Å². The number of carbonyl (C=O) groups is 1. The first-order chi connectivity index (χ1) is 5.71. The lowest BCUT2D eigenvalue weighted by Gasteiger charge is -2.06. The number of hydrogen-bond acceptors (Lipinski definition) is 2. The Morgan fingerprint density at radius 3 is 2.00 bits per heavy atom. The quantitative estimate of drug-likeness (QED) is 0.699. The van der Waals surface area contributed by atoms with Gasteiger partial charge >= 0.3 is 5.97 Å². The topological polar surface area (TPSA) is 63.3 Å². The molecule has 0 aliphatic heterocycles. The zero-order valence-electron chi connectivity index (χ0n) is 8.79. The molecule has 3 N–H and O–H groups in total. The van der Waals surface area contributed by atoms with Crippen LogP contribution in [0.15, 0.2) is 0 Å². The number of aliphatic carboxylic acids is 1. The van der Waals surface area contributed by atoms with Gasteiger partial charge in [0.1, 0.15) is 6.04 Å². The van der Waals surface area contributed by atoms with E-state index in [2.05, 4.69) is 27.7 Å². The highest BCUT2D eigenvalue weighted by molar-refractivity contribution is 5.73. The molecular weight excluding hydrogens is 166 g/mol. The second-order valence-corrected chi connectivity index (χ2v) is 5.18. The summed E-state index contributed by atoms with van der Waals surface area (Å²) in [6, 6.07) is -0.703. The summed E-state index contributed by atoms with van der Waals surface area (Å²) < 4.78 is 0. The minimum Gasteiger partial charge on any atom is -0.480 e. The fraction of sp³-hybridized carbons (Fsp3) is 0.900.